The van der Waals surface area contributed by atoms with Crippen molar-refractivity contribution in [2.24, 2.45) is 0 Å². The van der Waals surface area contributed by atoms with Gasteiger partial charge < -0.3 is 5.11 Å². The summed E-state index contributed by atoms with van der Waals surface area (Å²) in [7, 11) is -5.72. The first-order chi connectivity index (χ1) is 10.9. The summed E-state index contributed by atoms with van der Waals surface area (Å²) in [6.07, 6.45) is -4.40. The van der Waals surface area contributed by atoms with Gasteiger partial charge in [0.2, 0.25) is 0 Å². The number of hydrogen-bond donors (Lipinski definition) is 2. The lowest BCUT2D eigenvalue weighted by Crippen LogP contribution is -2.20. The number of rotatable bonds is 3. The third-order valence-electron chi connectivity index (χ3n) is 2.93. The molecule has 0 unspecified atom stereocenters. The monoisotopic (exact) mass is 365 g/mol. The quantitative estimate of drug-likeness (QED) is 0.640. The van der Waals surface area contributed by atoms with Gasteiger partial charge in [0.15, 0.2) is 5.82 Å². The van der Waals surface area contributed by atoms with Crippen LogP contribution in [0.15, 0.2) is 35.4 Å². The lowest BCUT2D eigenvalue weighted by molar-refractivity contribution is -0.140. The van der Waals surface area contributed by atoms with Gasteiger partial charge in [0.05, 0.1) is 16.8 Å². The summed E-state index contributed by atoms with van der Waals surface area (Å²) >= 11 is 0. The maximum Gasteiger partial charge on any atom is 0.418 e. The fourth-order valence-corrected chi connectivity index (χ4v) is 2.86. The molecule has 1 aromatic carbocycles. The van der Waals surface area contributed by atoms with Crippen molar-refractivity contribution < 1.29 is 40.4 Å². The van der Waals surface area contributed by atoms with Gasteiger partial charge in [-0.05, 0) is 18.2 Å². The predicted octanol–water partition coefficient (Wildman–Crippen LogP) is 2.85. The molecular formula is C13H7F4NO5S. The topological polar surface area (TPSA) is 105 Å². The number of carboxylic acids is 1. The second-order valence-electron chi connectivity index (χ2n) is 4.48. The Hall–Kier alpha value is -2.53. The highest BCUT2D eigenvalue weighted by Crippen LogP contribution is 2.41. The zero-order chi connectivity index (χ0) is 18.3. The highest BCUT2D eigenvalue weighted by molar-refractivity contribution is 7.86. The molecule has 2 aromatic rings. The second-order valence-corrected chi connectivity index (χ2v) is 5.84. The Balaban J connectivity index is 3.05. The third-order valence-corrected chi connectivity index (χ3v) is 3.83. The van der Waals surface area contributed by atoms with E-state index in [1.807, 2.05) is 0 Å². The molecule has 6 nitrogen and oxygen atoms in total. The summed E-state index contributed by atoms with van der Waals surface area (Å²) < 4.78 is 85.3. The van der Waals surface area contributed by atoms with Crippen LogP contribution in [0.25, 0.3) is 11.3 Å². The van der Waals surface area contributed by atoms with Gasteiger partial charge in [-0.15, -0.1) is 0 Å². The summed E-state index contributed by atoms with van der Waals surface area (Å²) in [6, 6.07) is 4.17. The molecule has 128 valence electrons. The molecule has 0 aliphatic rings. The van der Waals surface area contributed by atoms with Gasteiger partial charge >= 0.3 is 12.1 Å². The van der Waals surface area contributed by atoms with Crippen molar-refractivity contribution in [3.63, 3.8) is 0 Å². The summed E-state index contributed by atoms with van der Waals surface area (Å²) in [5, 5.41) is 8.96. The molecule has 1 heterocycles. The van der Waals surface area contributed by atoms with E-state index in [-0.39, 0.29) is 5.69 Å². The lowest BCUT2D eigenvalue weighted by Gasteiger charge is -2.17. The number of carbonyl (C=O) groups is 1. The number of pyridine rings is 1. The fraction of sp³-hybridized carbons (Fsp3) is 0.0769. The van der Waals surface area contributed by atoms with Gasteiger partial charge in [0.25, 0.3) is 10.1 Å². The van der Waals surface area contributed by atoms with E-state index in [0.29, 0.717) is 6.07 Å². The molecular weight excluding hydrogens is 358 g/mol. The molecule has 0 saturated heterocycles. The van der Waals surface area contributed by atoms with Crippen LogP contribution in [0.1, 0.15) is 15.9 Å². The van der Waals surface area contributed by atoms with Gasteiger partial charge in [0, 0.05) is 11.8 Å². The third kappa shape index (κ3) is 3.21. The number of hydrogen-bond acceptors (Lipinski definition) is 4. The van der Waals surface area contributed by atoms with Crippen LogP contribution in [0.5, 0.6) is 0 Å². The highest BCUT2D eigenvalue weighted by atomic mass is 32.2. The van der Waals surface area contributed by atoms with Crippen LogP contribution in [0.4, 0.5) is 17.6 Å². The van der Waals surface area contributed by atoms with Crippen molar-refractivity contribution in [1.82, 2.24) is 4.98 Å². The average molecular weight is 365 g/mol. The van der Waals surface area contributed by atoms with Gasteiger partial charge in [-0.2, -0.15) is 21.6 Å². The van der Waals surface area contributed by atoms with Gasteiger partial charge in [0.1, 0.15) is 4.90 Å². The molecule has 0 radical (unpaired) electrons. The minimum atomic E-state index is -5.72. The summed E-state index contributed by atoms with van der Waals surface area (Å²) in [5.74, 6) is -4.10. The van der Waals surface area contributed by atoms with E-state index in [2.05, 4.69) is 4.98 Å². The number of benzene rings is 1. The van der Waals surface area contributed by atoms with E-state index in [1.165, 1.54) is 12.1 Å². The molecule has 2 N–H and O–H groups in total. The van der Waals surface area contributed by atoms with Crippen LogP contribution in [0.2, 0.25) is 0 Å². The Morgan fingerprint density at radius 2 is 1.83 bits per heavy atom. The SMILES string of the molecule is O=C(O)c1cc(-c2ccccn2)c(F)c(S(=O)(=O)O)c1C(F)(F)F. The van der Waals surface area contributed by atoms with Crippen molar-refractivity contribution >= 4 is 16.1 Å². The smallest absolute Gasteiger partial charge is 0.418 e. The van der Waals surface area contributed by atoms with Crippen LogP contribution in [-0.2, 0) is 16.3 Å². The predicted molar refractivity (Wildman–Crippen MR) is 71.4 cm³/mol. The van der Waals surface area contributed by atoms with Crippen LogP contribution in [0.3, 0.4) is 0 Å². The second kappa shape index (κ2) is 5.83. The molecule has 0 aliphatic heterocycles. The van der Waals surface area contributed by atoms with Crippen LogP contribution in [-0.4, -0.2) is 29.0 Å². The minimum absolute atomic E-state index is 0.309. The van der Waals surface area contributed by atoms with E-state index in [1.54, 1.807) is 0 Å². The minimum Gasteiger partial charge on any atom is -0.478 e. The normalized spacial score (nSPS) is 12.2. The van der Waals surface area contributed by atoms with Gasteiger partial charge in [-0.1, -0.05) is 6.07 Å². The van der Waals surface area contributed by atoms with E-state index in [9.17, 15) is 30.8 Å². The molecule has 0 bridgehead atoms. The number of carboxylic acid groups (broad SMARTS) is 1. The molecule has 0 aliphatic carbocycles. The first-order valence-corrected chi connectivity index (χ1v) is 7.44. The fourth-order valence-electron chi connectivity index (χ4n) is 2.04. The standard InChI is InChI=1S/C13H7F4NO5S/c14-10-6(8-3-1-2-4-18-8)5-7(12(19)20)9(13(15,16)17)11(10)24(21,22)23/h1-5H,(H,19,20)(H,21,22,23). The van der Waals surface area contributed by atoms with Crippen LogP contribution in [0, 0.1) is 5.82 Å². The first-order valence-electron chi connectivity index (χ1n) is 6.00. The number of alkyl halides is 3. The Labute approximate surface area is 132 Å². The van der Waals surface area contributed by atoms with Crippen LogP contribution < -0.4 is 0 Å². The molecule has 24 heavy (non-hydrogen) atoms. The molecule has 0 amide bonds. The number of aromatic carboxylic acids is 1. The van der Waals surface area contributed by atoms with Crippen molar-refractivity contribution in [3.05, 3.63) is 47.4 Å². The van der Waals surface area contributed by atoms with Crippen molar-refractivity contribution in [2.45, 2.75) is 11.1 Å². The van der Waals surface area contributed by atoms with E-state index < -0.39 is 49.7 Å². The van der Waals surface area contributed by atoms with Crippen molar-refractivity contribution in [1.29, 1.82) is 0 Å². The van der Waals surface area contributed by atoms with E-state index >= 15 is 0 Å². The molecule has 11 heteroatoms. The maximum absolute atomic E-state index is 14.4. The number of nitrogens with zero attached hydrogens (tertiary/aromatic N) is 1. The number of halogens is 4. The van der Waals surface area contributed by atoms with Crippen LogP contribution >= 0.6 is 0 Å². The summed E-state index contributed by atoms with van der Waals surface area (Å²) in [6.45, 7) is 0. The highest BCUT2D eigenvalue weighted by Gasteiger charge is 2.44. The Bertz CT molecular complexity index is 910. The van der Waals surface area contributed by atoms with E-state index in [4.69, 9.17) is 9.66 Å². The zero-order valence-electron chi connectivity index (χ0n) is 11.4. The summed E-state index contributed by atoms with van der Waals surface area (Å²) in [5.41, 5.74) is -4.95. The van der Waals surface area contributed by atoms with Gasteiger partial charge in [-0.25, -0.2) is 9.18 Å². The number of aromatic nitrogens is 1. The largest absolute Gasteiger partial charge is 0.478 e. The Morgan fingerprint density at radius 3 is 2.25 bits per heavy atom. The molecule has 0 fully saturated rings. The molecule has 1 aromatic heterocycles. The van der Waals surface area contributed by atoms with Gasteiger partial charge in [-0.3, -0.25) is 9.54 Å². The molecule has 0 atom stereocenters. The molecule has 2 rings (SSSR count). The van der Waals surface area contributed by atoms with E-state index in [0.717, 1.165) is 12.3 Å². The molecule has 0 spiro atoms. The summed E-state index contributed by atoms with van der Waals surface area (Å²) in [4.78, 5) is 12.6. The van der Waals surface area contributed by atoms with Crippen molar-refractivity contribution in [3.8, 4) is 11.3 Å². The molecule has 0 saturated carbocycles. The lowest BCUT2D eigenvalue weighted by atomic mass is 10.0. The Morgan fingerprint density at radius 1 is 1.21 bits per heavy atom. The average Bonchev–Trinajstić information content (AvgIpc) is 2.45. The first kappa shape index (κ1) is 17.8. The zero-order valence-corrected chi connectivity index (χ0v) is 12.2. The maximum atomic E-state index is 14.4. The van der Waals surface area contributed by atoms with Crippen molar-refractivity contribution in [2.75, 3.05) is 0 Å². The Kier molecular flexibility index (Phi) is 4.33.